The summed E-state index contributed by atoms with van der Waals surface area (Å²) in [6, 6.07) is 12.4. The van der Waals surface area contributed by atoms with Gasteiger partial charge in [-0.05, 0) is 25.5 Å². The molecule has 0 saturated heterocycles. The molecule has 0 radical (unpaired) electrons. The molecule has 0 amide bonds. The Hall–Kier alpha value is -2.33. The van der Waals surface area contributed by atoms with Crippen molar-refractivity contribution in [2.45, 2.75) is 74.0 Å². The van der Waals surface area contributed by atoms with E-state index in [1.54, 1.807) is 0 Å². The molecule has 2 aromatic heterocycles. The third-order valence-electron chi connectivity index (χ3n) is 4.64. The number of rotatable bonds is 1. The Balaban J connectivity index is 0.000000599. The molecule has 0 bridgehead atoms. The molecule has 1 aliphatic rings. The van der Waals surface area contributed by atoms with Gasteiger partial charge in [0.05, 0.1) is 23.5 Å². The molecule has 0 spiro atoms. The highest BCUT2D eigenvalue weighted by Gasteiger charge is 2.28. The van der Waals surface area contributed by atoms with Crippen LogP contribution in [-0.2, 0) is 0 Å². The van der Waals surface area contributed by atoms with Gasteiger partial charge in [0.2, 0.25) is 0 Å². The van der Waals surface area contributed by atoms with Gasteiger partial charge >= 0.3 is 0 Å². The molecular formula is C24H37N3O. The molecule has 3 heterocycles. The summed E-state index contributed by atoms with van der Waals surface area (Å²) in [5, 5.41) is 14.1. The van der Waals surface area contributed by atoms with E-state index in [2.05, 4.69) is 33.8 Å². The lowest BCUT2D eigenvalue weighted by Gasteiger charge is -2.31. The molecule has 2 unspecified atom stereocenters. The molecular weight excluding hydrogens is 346 g/mol. The highest BCUT2D eigenvalue weighted by Crippen LogP contribution is 2.40. The Labute approximate surface area is 170 Å². The minimum absolute atomic E-state index is 0.104. The number of aliphatic hydroxyl groups is 1. The quantitative estimate of drug-likeness (QED) is 0.496. The number of aryl methyl sites for hydroxylation is 2. The van der Waals surface area contributed by atoms with Crippen LogP contribution in [0.5, 0.6) is 0 Å². The normalized spacial score (nSPS) is 16.9. The summed E-state index contributed by atoms with van der Waals surface area (Å²) in [5.41, 5.74) is 6.12. The number of pyridine rings is 1. The summed E-state index contributed by atoms with van der Waals surface area (Å²) < 4.78 is 2.08. The lowest BCUT2D eigenvalue weighted by atomic mass is 9.92. The smallest absolute Gasteiger partial charge is 0.161 e. The topological polar surface area (TPSA) is 49.6 Å². The van der Waals surface area contributed by atoms with Crippen molar-refractivity contribution in [1.29, 1.82) is 0 Å². The third kappa shape index (κ3) is 4.74. The molecule has 154 valence electrons. The second kappa shape index (κ2) is 11.5. The zero-order valence-electron chi connectivity index (χ0n) is 18.7. The predicted octanol–water partition coefficient (Wildman–Crippen LogP) is 6.62. The average Bonchev–Trinajstić information content (AvgIpc) is 3.07. The van der Waals surface area contributed by atoms with Gasteiger partial charge in [-0.25, -0.2) is 4.98 Å². The van der Waals surface area contributed by atoms with E-state index in [4.69, 9.17) is 0 Å². The van der Waals surface area contributed by atoms with E-state index in [0.29, 0.717) is 6.42 Å². The minimum atomic E-state index is -0.469. The van der Waals surface area contributed by atoms with Crippen molar-refractivity contribution < 1.29 is 5.11 Å². The Morgan fingerprint density at radius 3 is 2.18 bits per heavy atom. The van der Waals surface area contributed by atoms with Crippen molar-refractivity contribution in [3.8, 4) is 0 Å². The van der Waals surface area contributed by atoms with Gasteiger partial charge in [-0.3, -0.25) is 0 Å². The van der Waals surface area contributed by atoms with Gasteiger partial charge in [0, 0.05) is 23.9 Å². The molecule has 2 N–H and O–H groups in total. The first kappa shape index (κ1) is 23.7. The second-order valence-electron chi connectivity index (χ2n) is 5.98. The van der Waals surface area contributed by atoms with Gasteiger partial charge in [0.15, 0.2) is 5.65 Å². The Kier molecular flexibility index (Phi) is 9.74. The van der Waals surface area contributed by atoms with Crippen LogP contribution >= 0.6 is 0 Å². The molecule has 0 fully saturated rings. The van der Waals surface area contributed by atoms with Gasteiger partial charge in [-0.1, -0.05) is 71.9 Å². The third-order valence-corrected chi connectivity index (χ3v) is 4.64. The largest absolute Gasteiger partial charge is 0.388 e. The van der Waals surface area contributed by atoms with Gasteiger partial charge in [0.25, 0.3) is 0 Å². The zero-order valence-corrected chi connectivity index (χ0v) is 18.7. The average molecular weight is 384 g/mol. The first-order chi connectivity index (χ1) is 13.6. The van der Waals surface area contributed by atoms with Crippen LogP contribution in [0.1, 0.15) is 82.6 Å². The van der Waals surface area contributed by atoms with E-state index in [1.165, 1.54) is 5.56 Å². The number of nitrogens with zero attached hydrogens (tertiary/aromatic N) is 2. The summed E-state index contributed by atoms with van der Waals surface area (Å²) in [6.45, 7) is 16.1. The minimum Gasteiger partial charge on any atom is -0.388 e. The van der Waals surface area contributed by atoms with Crippen LogP contribution in [0.3, 0.4) is 0 Å². The van der Waals surface area contributed by atoms with Gasteiger partial charge in [-0.2, -0.15) is 0 Å². The summed E-state index contributed by atoms with van der Waals surface area (Å²) in [7, 11) is 0. The Morgan fingerprint density at radius 1 is 0.964 bits per heavy atom. The molecule has 0 aliphatic carbocycles. The fourth-order valence-electron chi connectivity index (χ4n) is 3.27. The van der Waals surface area contributed by atoms with Crippen molar-refractivity contribution in [1.82, 2.24) is 9.38 Å². The van der Waals surface area contributed by atoms with Crippen molar-refractivity contribution in [2.75, 3.05) is 5.32 Å². The molecule has 1 aliphatic heterocycles. The molecule has 4 rings (SSSR count). The van der Waals surface area contributed by atoms with Crippen molar-refractivity contribution in [3.63, 3.8) is 0 Å². The van der Waals surface area contributed by atoms with Crippen LogP contribution in [0.25, 0.3) is 5.65 Å². The maximum Gasteiger partial charge on any atom is 0.161 e. The molecule has 2 atom stereocenters. The summed E-state index contributed by atoms with van der Waals surface area (Å²) >= 11 is 0. The van der Waals surface area contributed by atoms with E-state index in [1.807, 2.05) is 78.9 Å². The molecule has 28 heavy (non-hydrogen) atoms. The number of benzene rings is 1. The maximum atomic E-state index is 10.6. The van der Waals surface area contributed by atoms with Crippen molar-refractivity contribution >= 4 is 11.3 Å². The highest BCUT2D eigenvalue weighted by atomic mass is 16.3. The van der Waals surface area contributed by atoms with Crippen LogP contribution in [0.4, 0.5) is 5.69 Å². The summed E-state index contributed by atoms with van der Waals surface area (Å²) in [4.78, 5) is 4.68. The number of hydrogen-bond acceptors (Lipinski definition) is 3. The number of anilines is 1. The molecule has 4 heteroatoms. The maximum absolute atomic E-state index is 10.6. The first-order valence-electron chi connectivity index (χ1n) is 10.6. The van der Waals surface area contributed by atoms with Gasteiger partial charge in [-0.15, -0.1) is 0 Å². The van der Waals surface area contributed by atoms with Crippen LogP contribution in [0, 0.1) is 13.8 Å². The first-order valence-corrected chi connectivity index (χ1v) is 10.6. The SMILES string of the molecule is CC.CC.CC.Cc1nc2c3c(ccn2c1C)C(O)CC(c1ccccc1)N3. The zero-order chi connectivity index (χ0) is 21.3. The fourth-order valence-corrected chi connectivity index (χ4v) is 3.27. The van der Waals surface area contributed by atoms with E-state index in [9.17, 15) is 5.11 Å². The lowest BCUT2D eigenvalue weighted by Crippen LogP contribution is -2.22. The molecule has 4 nitrogen and oxygen atoms in total. The Bertz CT molecular complexity index is 840. The van der Waals surface area contributed by atoms with Crippen LogP contribution in [0.2, 0.25) is 0 Å². The van der Waals surface area contributed by atoms with Gasteiger partial charge < -0.3 is 14.8 Å². The van der Waals surface area contributed by atoms with E-state index < -0.39 is 6.10 Å². The van der Waals surface area contributed by atoms with Crippen LogP contribution < -0.4 is 5.32 Å². The summed E-state index contributed by atoms with van der Waals surface area (Å²) in [6.07, 6.45) is 2.20. The number of aromatic nitrogens is 2. The Morgan fingerprint density at radius 2 is 1.57 bits per heavy atom. The lowest BCUT2D eigenvalue weighted by molar-refractivity contribution is 0.156. The van der Waals surface area contributed by atoms with Crippen molar-refractivity contribution in [3.05, 3.63) is 65.1 Å². The number of imidazole rings is 1. The second-order valence-corrected chi connectivity index (χ2v) is 5.98. The van der Waals surface area contributed by atoms with Crippen LogP contribution in [0.15, 0.2) is 42.6 Å². The standard InChI is InChI=1S/C18H19N3O.3C2H6/c1-11-12(2)21-9-8-14-16(22)10-15(13-6-4-3-5-7-13)20-17(14)18(21)19-11;3*1-2/h3-9,15-16,20,22H,10H2,1-2H3;3*1-2H3. The van der Waals surface area contributed by atoms with Gasteiger partial charge in [0.1, 0.15) is 0 Å². The van der Waals surface area contributed by atoms with E-state index in [-0.39, 0.29) is 6.04 Å². The molecule has 3 aromatic rings. The van der Waals surface area contributed by atoms with E-state index in [0.717, 1.165) is 28.3 Å². The number of nitrogens with one attached hydrogen (secondary N) is 1. The highest BCUT2D eigenvalue weighted by molar-refractivity contribution is 5.74. The van der Waals surface area contributed by atoms with Crippen LogP contribution in [-0.4, -0.2) is 14.5 Å². The number of hydrogen-bond donors (Lipinski definition) is 2. The van der Waals surface area contributed by atoms with E-state index >= 15 is 0 Å². The predicted molar refractivity (Wildman–Crippen MR) is 121 cm³/mol. The molecule has 0 saturated carbocycles. The monoisotopic (exact) mass is 383 g/mol. The molecule has 1 aromatic carbocycles. The number of fused-ring (bicyclic) bond motifs is 3. The summed E-state index contributed by atoms with van der Waals surface area (Å²) in [5.74, 6) is 0. The number of aliphatic hydroxyl groups excluding tert-OH is 1. The fraction of sp³-hybridized carbons (Fsp3) is 0.458. The van der Waals surface area contributed by atoms with Crippen molar-refractivity contribution in [2.24, 2.45) is 0 Å².